The maximum absolute atomic E-state index is 13.4. The van der Waals surface area contributed by atoms with E-state index in [-0.39, 0.29) is 16.4 Å². The second-order valence-electron chi connectivity index (χ2n) is 7.14. The molecule has 1 atom stereocenters. The van der Waals surface area contributed by atoms with Crippen LogP contribution >= 0.6 is 24.0 Å². The Kier molecular flexibility index (Phi) is 4.99. The maximum atomic E-state index is 13.4. The van der Waals surface area contributed by atoms with Crippen molar-refractivity contribution in [3.05, 3.63) is 64.1 Å². The van der Waals surface area contributed by atoms with Gasteiger partial charge in [-0.3, -0.25) is 19.4 Å². The Morgan fingerprint density at radius 1 is 1.03 bits per heavy atom. The van der Waals surface area contributed by atoms with Gasteiger partial charge in [-0.05, 0) is 44.0 Å². The number of carboxylic acids is 1. The van der Waals surface area contributed by atoms with Gasteiger partial charge in [0.15, 0.2) is 4.32 Å². The number of rotatable bonds is 3. The van der Waals surface area contributed by atoms with Crippen molar-refractivity contribution in [3.63, 3.8) is 0 Å². The Bertz CT molecular complexity index is 1170. The second-order valence-corrected chi connectivity index (χ2v) is 8.78. The summed E-state index contributed by atoms with van der Waals surface area (Å²) >= 11 is 6.56. The fourth-order valence-corrected chi connectivity index (χ4v) is 5.02. The number of thiocarbonyl (C=S) groups is 1. The molecule has 0 unspecified atom stereocenters. The standard InChI is InChI=1S/C22H18N2O4S2/c1-11-7-6-10-15(12(11)2)24-20(26)18(30-22(24)29)17-14-8-4-5-9-16(14)23(19(17)25)13(3)21(27)28/h4-10,13H,1-3H3,(H,27,28)/b18-17-/t13-/m0/s1. The maximum Gasteiger partial charge on any atom is 0.326 e. The Morgan fingerprint density at radius 3 is 2.40 bits per heavy atom. The monoisotopic (exact) mass is 438 g/mol. The molecular weight excluding hydrogens is 420 g/mol. The van der Waals surface area contributed by atoms with E-state index < -0.39 is 17.9 Å². The molecule has 0 saturated carbocycles. The lowest BCUT2D eigenvalue weighted by molar-refractivity contribution is -0.139. The number of thioether (sulfide) groups is 1. The number of amides is 2. The molecular formula is C22H18N2O4S2. The number of aryl methyl sites for hydroxylation is 1. The van der Waals surface area contributed by atoms with Crippen molar-refractivity contribution in [2.24, 2.45) is 0 Å². The van der Waals surface area contributed by atoms with Crippen LogP contribution in [0.25, 0.3) is 5.57 Å². The van der Waals surface area contributed by atoms with Gasteiger partial charge >= 0.3 is 5.97 Å². The average Bonchev–Trinajstić information content (AvgIpc) is 3.15. The van der Waals surface area contributed by atoms with Gasteiger partial charge in [-0.1, -0.05) is 54.3 Å². The number of para-hydroxylation sites is 1. The molecule has 2 aromatic carbocycles. The van der Waals surface area contributed by atoms with E-state index in [4.69, 9.17) is 12.2 Å². The van der Waals surface area contributed by atoms with E-state index in [1.807, 2.05) is 32.0 Å². The summed E-state index contributed by atoms with van der Waals surface area (Å²) in [5, 5.41) is 9.47. The van der Waals surface area contributed by atoms with Crippen LogP contribution in [0, 0.1) is 13.8 Å². The Hall–Kier alpha value is -2.97. The highest BCUT2D eigenvalue weighted by Crippen LogP contribution is 2.46. The van der Waals surface area contributed by atoms with E-state index in [9.17, 15) is 19.5 Å². The summed E-state index contributed by atoms with van der Waals surface area (Å²) in [7, 11) is 0. The molecule has 2 heterocycles. The number of carboxylic acid groups (broad SMARTS) is 1. The average molecular weight is 439 g/mol. The van der Waals surface area contributed by atoms with Gasteiger partial charge in [-0.2, -0.15) is 0 Å². The molecule has 4 rings (SSSR count). The summed E-state index contributed by atoms with van der Waals surface area (Å²) in [6.45, 7) is 5.32. The summed E-state index contributed by atoms with van der Waals surface area (Å²) in [5.74, 6) is -2.00. The first-order valence-electron chi connectivity index (χ1n) is 9.26. The van der Waals surface area contributed by atoms with Crippen molar-refractivity contribution >= 4 is 63.0 Å². The van der Waals surface area contributed by atoms with Gasteiger partial charge in [0.1, 0.15) is 6.04 Å². The largest absolute Gasteiger partial charge is 0.480 e. The number of hydrogen-bond acceptors (Lipinski definition) is 5. The summed E-state index contributed by atoms with van der Waals surface area (Å²) in [5.41, 5.74) is 3.85. The fraction of sp³-hybridized carbons (Fsp3) is 0.182. The number of fused-ring (bicyclic) bond motifs is 1. The first-order chi connectivity index (χ1) is 14.2. The van der Waals surface area contributed by atoms with E-state index in [2.05, 4.69) is 0 Å². The normalized spacial score (nSPS) is 19.5. The minimum atomic E-state index is -1.12. The summed E-state index contributed by atoms with van der Waals surface area (Å²) < 4.78 is 0.339. The third-order valence-corrected chi connectivity index (χ3v) is 6.80. The molecule has 2 aromatic rings. The zero-order valence-corrected chi connectivity index (χ0v) is 18.1. The summed E-state index contributed by atoms with van der Waals surface area (Å²) in [4.78, 5) is 41.2. The number of nitrogens with zero attached hydrogens (tertiary/aromatic N) is 2. The van der Waals surface area contributed by atoms with E-state index in [1.165, 1.54) is 16.7 Å². The highest BCUT2D eigenvalue weighted by molar-refractivity contribution is 8.27. The van der Waals surface area contributed by atoms with Gasteiger partial charge in [0.05, 0.1) is 21.9 Å². The molecule has 1 saturated heterocycles. The molecule has 2 aliphatic rings. The van der Waals surface area contributed by atoms with Crippen molar-refractivity contribution in [1.29, 1.82) is 0 Å². The van der Waals surface area contributed by atoms with Crippen LogP contribution in [-0.4, -0.2) is 33.3 Å². The quantitative estimate of drug-likeness (QED) is 0.579. The Morgan fingerprint density at radius 2 is 1.70 bits per heavy atom. The number of carbonyl (C=O) groups is 3. The van der Waals surface area contributed by atoms with E-state index in [0.29, 0.717) is 21.3 Å². The molecule has 30 heavy (non-hydrogen) atoms. The molecule has 152 valence electrons. The van der Waals surface area contributed by atoms with Crippen molar-refractivity contribution in [2.45, 2.75) is 26.8 Å². The smallest absolute Gasteiger partial charge is 0.326 e. The second kappa shape index (κ2) is 7.37. The summed E-state index contributed by atoms with van der Waals surface area (Å²) in [6.07, 6.45) is 0. The van der Waals surface area contributed by atoms with Crippen LogP contribution in [0.4, 0.5) is 11.4 Å². The zero-order chi connectivity index (χ0) is 21.7. The van der Waals surface area contributed by atoms with Gasteiger partial charge in [-0.25, -0.2) is 4.79 Å². The lowest BCUT2D eigenvalue weighted by Crippen LogP contribution is -2.41. The minimum absolute atomic E-state index is 0.198. The molecule has 1 fully saturated rings. The van der Waals surface area contributed by atoms with Crippen LogP contribution in [-0.2, 0) is 14.4 Å². The molecule has 1 N–H and O–H groups in total. The topological polar surface area (TPSA) is 77.9 Å². The molecule has 2 amide bonds. The Balaban J connectivity index is 1.87. The SMILES string of the molecule is Cc1cccc(N2C(=O)/C(=C3/C(=O)N([C@@H](C)C(=O)O)c4ccccc43)SC2=S)c1C. The molecule has 0 aliphatic carbocycles. The number of carbonyl (C=O) groups excluding carboxylic acids is 2. The predicted octanol–water partition coefficient (Wildman–Crippen LogP) is 3.90. The number of anilines is 2. The van der Waals surface area contributed by atoms with Crippen molar-refractivity contribution in [3.8, 4) is 0 Å². The molecule has 6 nitrogen and oxygen atoms in total. The lowest BCUT2D eigenvalue weighted by atomic mass is 10.1. The third-order valence-electron chi connectivity index (χ3n) is 5.42. The molecule has 0 spiro atoms. The molecule has 8 heteroatoms. The van der Waals surface area contributed by atoms with Crippen LogP contribution in [0.2, 0.25) is 0 Å². The van der Waals surface area contributed by atoms with E-state index >= 15 is 0 Å². The first-order valence-corrected chi connectivity index (χ1v) is 10.5. The number of hydrogen-bond donors (Lipinski definition) is 1. The fourth-order valence-electron chi connectivity index (χ4n) is 3.66. The lowest BCUT2D eigenvalue weighted by Gasteiger charge is -2.21. The molecule has 0 aromatic heterocycles. The van der Waals surface area contributed by atoms with Gasteiger partial charge in [0.2, 0.25) is 0 Å². The van der Waals surface area contributed by atoms with E-state index in [1.54, 1.807) is 24.3 Å². The predicted molar refractivity (Wildman–Crippen MR) is 122 cm³/mol. The van der Waals surface area contributed by atoms with Crippen LogP contribution in [0.5, 0.6) is 0 Å². The van der Waals surface area contributed by atoms with Crippen LogP contribution < -0.4 is 9.80 Å². The van der Waals surface area contributed by atoms with Gasteiger partial charge in [0, 0.05) is 5.56 Å². The van der Waals surface area contributed by atoms with Crippen LogP contribution in [0.15, 0.2) is 47.4 Å². The number of benzene rings is 2. The third kappa shape index (κ3) is 2.95. The molecule has 0 bridgehead atoms. The minimum Gasteiger partial charge on any atom is -0.480 e. The molecule has 2 aliphatic heterocycles. The highest BCUT2D eigenvalue weighted by atomic mass is 32.2. The van der Waals surface area contributed by atoms with Crippen molar-refractivity contribution in [1.82, 2.24) is 0 Å². The zero-order valence-electron chi connectivity index (χ0n) is 16.5. The van der Waals surface area contributed by atoms with Crippen molar-refractivity contribution < 1.29 is 19.5 Å². The van der Waals surface area contributed by atoms with Crippen LogP contribution in [0.3, 0.4) is 0 Å². The number of aliphatic carboxylic acids is 1. The van der Waals surface area contributed by atoms with Gasteiger partial charge in [-0.15, -0.1) is 0 Å². The Labute approximate surface area is 183 Å². The van der Waals surface area contributed by atoms with E-state index in [0.717, 1.165) is 22.9 Å². The van der Waals surface area contributed by atoms with Crippen LogP contribution in [0.1, 0.15) is 23.6 Å². The molecule has 0 radical (unpaired) electrons. The van der Waals surface area contributed by atoms with Gasteiger partial charge < -0.3 is 5.11 Å². The highest BCUT2D eigenvalue weighted by Gasteiger charge is 2.44. The van der Waals surface area contributed by atoms with Crippen molar-refractivity contribution in [2.75, 3.05) is 9.80 Å². The van der Waals surface area contributed by atoms with Gasteiger partial charge in [0.25, 0.3) is 11.8 Å². The summed E-state index contributed by atoms with van der Waals surface area (Å²) in [6, 6.07) is 11.5. The first kappa shape index (κ1) is 20.3.